The van der Waals surface area contributed by atoms with Crippen molar-refractivity contribution in [2.24, 2.45) is 5.41 Å². The smallest absolute Gasteiger partial charge is 0.351 e. The van der Waals surface area contributed by atoms with Crippen LogP contribution in [-0.2, 0) is 31.9 Å². The van der Waals surface area contributed by atoms with E-state index in [9.17, 15) is 30.0 Å². The van der Waals surface area contributed by atoms with Crippen molar-refractivity contribution >= 4 is 48.7 Å². The Labute approximate surface area is 296 Å². The molecule has 0 spiro atoms. The molecule has 9 rings (SSSR count). The third-order valence-corrected chi connectivity index (χ3v) is 15.3. The van der Waals surface area contributed by atoms with Crippen LogP contribution in [0.15, 0.2) is 54.7 Å². The van der Waals surface area contributed by atoms with Gasteiger partial charge < -0.3 is 5.32 Å². The van der Waals surface area contributed by atoms with E-state index in [4.69, 9.17) is 9.97 Å². The summed E-state index contributed by atoms with van der Waals surface area (Å²) in [6.45, 7) is 0.195. The predicted molar refractivity (Wildman–Crippen MR) is 187 cm³/mol. The van der Waals surface area contributed by atoms with Crippen LogP contribution in [0.5, 0.6) is 0 Å². The number of hydrogen-bond acceptors (Lipinski definition) is 9. The number of halogens is 4. The summed E-state index contributed by atoms with van der Waals surface area (Å²) in [5.41, 5.74) is -0.946. The molecule has 10 nitrogen and oxygen atoms in total. The second kappa shape index (κ2) is 11.8. The van der Waals surface area contributed by atoms with Gasteiger partial charge in [0, 0.05) is 36.0 Å². The molecule has 0 unspecified atom stereocenters. The minimum absolute atomic E-state index is 0.0288. The molecule has 0 amide bonds. The third kappa shape index (κ3) is 5.84. The second-order valence-electron chi connectivity index (χ2n) is 14.2. The van der Waals surface area contributed by atoms with Crippen molar-refractivity contribution in [1.29, 1.82) is 0 Å². The maximum Gasteiger partial charge on any atom is 0.394 e. The van der Waals surface area contributed by atoms with E-state index in [0.717, 1.165) is 16.9 Å². The summed E-state index contributed by atoms with van der Waals surface area (Å²) in [7, 11) is -7.36. The van der Waals surface area contributed by atoms with Crippen molar-refractivity contribution in [3.63, 3.8) is 0 Å². The van der Waals surface area contributed by atoms with Gasteiger partial charge in [0.1, 0.15) is 14.8 Å². The van der Waals surface area contributed by atoms with Gasteiger partial charge in [-0.1, -0.05) is 24.3 Å². The summed E-state index contributed by atoms with van der Waals surface area (Å²) in [5, 5.41) is 3.33. The van der Waals surface area contributed by atoms with Gasteiger partial charge in [-0.2, -0.15) is 21.6 Å². The molecule has 17 heteroatoms. The van der Waals surface area contributed by atoms with Crippen molar-refractivity contribution in [3.8, 4) is 21.8 Å². The number of alkyl halides is 3. The summed E-state index contributed by atoms with van der Waals surface area (Å²) in [4.78, 5) is 14.2. The number of aromatic nitrogens is 3. The monoisotopic (exact) mass is 762 g/mol. The van der Waals surface area contributed by atoms with Crippen LogP contribution in [0, 0.1) is 11.2 Å². The summed E-state index contributed by atoms with van der Waals surface area (Å²) < 4.78 is 112. The molecule has 4 aromatic rings. The number of anilines is 3. The van der Waals surface area contributed by atoms with Gasteiger partial charge in [-0.05, 0) is 81.2 Å². The highest BCUT2D eigenvalue weighted by Gasteiger charge is 2.79. The molecule has 0 atom stereocenters. The average Bonchev–Trinajstić information content (AvgIpc) is 3.66. The number of fused-ring (bicyclic) bond motifs is 1. The van der Waals surface area contributed by atoms with Crippen LogP contribution in [0.4, 0.5) is 34.9 Å². The van der Waals surface area contributed by atoms with Crippen LogP contribution in [0.3, 0.4) is 0 Å². The van der Waals surface area contributed by atoms with Gasteiger partial charge in [0.05, 0.1) is 38.3 Å². The summed E-state index contributed by atoms with van der Waals surface area (Å²) >= 11 is 1.16. The fourth-order valence-electron chi connectivity index (χ4n) is 8.14. The fraction of sp³-hybridized carbons (Fsp3) is 0.441. The largest absolute Gasteiger partial charge is 0.394 e. The topological polar surface area (TPSA) is 134 Å². The Bertz CT molecular complexity index is 2240. The van der Waals surface area contributed by atoms with E-state index < -0.39 is 48.1 Å². The Balaban J connectivity index is 1.12. The van der Waals surface area contributed by atoms with Crippen molar-refractivity contribution < 1.29 is 34.4 Å². The Hall–Kier alpha value is -3.83. The summed E-state index contributed by atoms with van der Waals surface area (Å²) in [6.07, 6.45) is 0.876. The number of hydrogen-bond donors (Lipinski definition) is 2. The van der Waals surface area contributed by atoms with Gasteiger partial charge in [-0.3, -0.25) is 9.03 Å². The first-order valence-corrected chi connectivity index (χ1v) is 20.8. The van der Waals surface area contributed by atoms with Gasteiger partial charge in [0.25, 0.3) is 0 Å². The maximum atomic E-state index is 16.5. The lowest BCUT2D eigenvalue weighted by atomic mass is 9.35. The van der Waals surface area contributed by atoms with Gasteiger partial charge in [0.15, 0.2) is 5.82 Å². The van der Waals surface area contributed by atoms with Crippen molar-refractivity contribution in [2.45, 2.75) is 74.2 Å². The van der Waals surface area contributed by atoms with Gasteiger partial charge in [-0.15, -0.1) is 11.3 Å². The molecule has 0 radical (unpaired) electrons. The molecule has 270 valence electrons. The Morgan fingerprint density at radius 1 is 0.941 bits per heavy atom. The van der Waals surface area contributed by atoms with Crippen LogP contribution in [-0.4, -0.2) is 62.1 Å². The zero-order chi connectivity index (χ0) is 36.0. The molecule has 2 aromatic carbocycles. The summed E-state index contributed by atoms with van der Waals surface area (Å²) in [5.74, 6) is -0.614. The molecular formula is C34H34F4N6O4S3. The lowest BCUT2D eigenvalue weighted by Gasteiger charge is -2.69. The minimum Gasteiger partial charge on any atom is -0.351 e. The maximum absolute atomic E-state index is 16.5. The van der Waals surface area contributed by atoms with E-state index >= 15 is 4.39 Å². The molecule has 1 aliphatic heterocycles. The number of nitrogens with one attached hydrogen (secondary N) is 2. The predicted octanol–water partition coefficient (Wildman–Crippen LogP) is 6.88. The van der Waals surface area contributed by atoms with Crippen molar-refractivity contribution in [3.05, 3.63) is 71.1 Å². The van der Waals surface area contributed by atoms with Crippen LogP contribution in [0.1, 0.15) is 55.5 Å². The number of para-hydroxylation sites is 1. The van der Waals surface area contributed by atoms with Crippen molar-refractivity contribution in [2.75, 3.05) is 27.1 Å². The van der Waals surface area contributed by atoms with E-state index in [1.807, 2.05) is 12.1 Å². The lowest BCUT2D eigenvalue weighted by molar-refractivity contribution is -0.337. The van der Waals surface area contributed by atoms with E-state index in [2.05, 4.69) is 15.0 Å². The molecule has 0 saturated heterocycles. The fourth-order valence-corrected chi connectivity index (χ4v) is 11.8. The third-order valence-electron chi connectivity index (χ3n) is 10.8. The Morgan fingerprint density at radius 3 is 2.37 bits per heavy atom. The highest BCUT2D eigenvalue weighted by molar-refractivity contribution is 7.94. The highest BCUT2D eigenvalue weighted by Crippen LogP contribution is 2.79. The van der Waals surface area contributed by atoms with E-state index in [0.29, 0.717) is 53.4 Å². The van der Waals surface area contributed by atoms with Crippen LogP contribution in [0.25, 0.3) is 21.8 Å². The molecule has 4 fully saturated rings. The Kier molecular flexibility index (Phi) is 7.96. The number of rotatable bonds is 9. The number of benzene rings is 2. The van der Waals surface area contributed by atoms with Gasteiger partial charge in [0.2, 0.25) is 5.95 Å². The zero-order valence-corrected chi connectivity index (χ0v) is 29.8. The Morgan fingerprint density at radius 2 is 1.67 bits per heavy atom. The highest BCUT2D eigenvalue weighted by atomic mass is 32.2. The molecule has 4 aliphatic carbocycles. The number of nitrogens with zero attached hydrogens (tertiary/aromatic N) is 4. The first-order chi connectivity index (χ1) is 24.1. The lowest BCUT2D eigenvalue weighted by Crippen LogP contribution is -2.70. The van der Waals surface area contributed by atoms with Gasteiger partial charge in [-0.25, -0.2) is 27.8 Å². The second-order valence-corrected chi connectivity index (χ2v) is 19.1. The van der Waals surface area contributed by atoms with Crippen molar-refractivity contribution in [1.82, 2.24) is 15.0 Å². The standard InChI is InChI=1S/C34H34F4N6O4S3/c1-50(45,46)22-11-9-21(10-12-22)40-31-39-15-13-25(41-31)29-28(42-30(49-29)32-17-33(18-32,19-32)34(36,37)38)23-6-4-7-24(27(23)35)43-51(47,48)44-16-14-20-5-2-3-8-26(20)44/h2-8,13,15,21-22,43H,9-12,14,16-19H2,1H3,(H,39,40,41)/t21-,22-,32?,33?. The number of sulfone groups is 1. The molecule has 2 aromatic heterocycles. The first-order valence-electron chi connectivity index (χ1n) is 16.6. The molecule has 3 heterocycles. The quantitative estimate of drug-likeness (QED) is 0.177. The molecule has 51 heavy (non-hydrogen) atoms. The minimum atomic E-state index is -4.32. The van der Waals surface area contributed by atoms with Crippen LogP contribution in [0.2, 0.25) is 0 Å². The molecule has 4 saturated carbocycles. The SMILES string of the molecule is CS(=O)(=O)[C@H]1CC[C@H](Nc2nccc(-c3sc(C45CC(C(F)(F)F)(C4)C5)nc3-c3cccc(NS(=O)(=O)N4CCc5ccccc54)c3F)n2)CC1. The first kappa shape index (κ1) is 34.3. The normalized spacial score (nSPS) is 25.9. The summed E-state index contributed by atoms with van der Waals surface area (Å²) in [6, 6.07) is 12.9. The van der Waals surface area contributed by atoms with Gasteiger partial charge >= 0.3 is 16.4 Å². The molecule has 2 N–H and O–H groups in total. The molecular weight excluding hydrogens is 729 g/mol. The zero-order valence-electron chi connectivity index (χ0n) is 27.4. The average molecular weight is 763 g/mol. The number of thiazole rings is 1. The van der Waals surface area contributed by atoms with E-state index in [-0.39, 0.29) is 54.7 Å². The molecule has 5 aliphatic rings. The van der Waals surface area contributed by atoms with Crippen LogP contribution >= 0.6 is 11.3 Å². The van der Waals surface area contributed by atoms with Crippen LogP contribution < -0.4 is 14.3 Å². The van der Waals surface area contributed by atoms with E-state index in [1.54, 1.807) is 18.2 Å². The van der Waals surface area contributed by atoms with E-state index in [1.165, 1.54) is 35.0 Å². The molecule has 2 bridgehead atoms.